The van der Waals surface area contributed by atoms with Crippen molar-refractivity contribution < 1.29 is 12.8 Å². The summed E-state index contributed by atoms with van der Waals surface area (Å²) in [6.45, 7) is 3.91. The summed E-state index contributed by atoms with van der Waals surface area (Å²) in [5.41, 5.74) is 5.70. The molecule has 1 rings (SSSR count). The summed E-state index contributed by atoms with van der Waals surface area (Å²) in [7, 11) is -3.37. The maximum absolute atomic E-state index is 13.5. The van der Waals surface area contributed by atoms with Gasteiger partial charge in [-0.25, -0.2) is 17.8 Å². The van der Waals surface area contributed by atoms with Gasteiger partial charge in [0.1, 0.15) is 5.82 Å². The van der Waals surface area contributed by atoms with E-state index < -0.39 is 15.7 Å². The highest BCUT2D eigenvalue weighted by molar-refractivity contribution is 7.90. The van der Waals surface area contributed by atoms with Crippen LogP contribution in [0, 0.1) is 5.82 Å². The van der Waals surface area contributed by atoms with Gasteiger partial charge in [0.05, 0.1) is 11.4 Å². The van der Waals surface area contributed by atoms with Gasteiger partial charge in [0.15, 0.2) is 15.8 Å². The van der Waals surface area contributed by atoms with Gasteiger partial charge in [-0.2, -0.15) is 0 Å². The highest BCUT2D eigenvalue weighted by Gasteiger charge is 2.10. The number of sulfone groups is 1. The lowest BCUT2D eigenvalue weighted by Crippen LogP contribution is -2.31. The first-order valence-corrected chi connectivity index (χ1v) is 7.37. The maximum Gasteiger partial charge on any atom is 0.189 e. The first kappa shape index (κ1) is 15.2. The van der Waals surface area contributed by atoms with Crippen molar-refractivity contribution >= 4 is 15.8 Å². The number of halogens is 1. The van der Waals surface area contributed by atoms with Crippen LogP contribution in [0.4, 0.5) is 4.39 Å². The van der Waals surface area contributed by atoms with Crippen molar-refractivity contribution in [3.8, 4) is 0 Å². The van der Waals surface area contributed by atoms with Gasteiger partial charge < -0.3 is 11.1 Å². The minimum absolute atomic E-state index is 0.0365. The van der Waals surface area contributed by atoms with E-state index in [0.717, 1.165) is 12.3 Å². The second kappa shape index (κ2) is 6.33. The van der Waals surface area contributed by atoms with Crippen molar-refractivity contribution in [2.75, 3.05) is 12.8 Å². The summed E-state index contributed by atoms with van der Waals surface area (Å²) in [6.07, 6.45) is 2.67. The Labute approximate surface area is 112 Å². The molecule has 0 aromatic heterocycles. The fraction of sp³-hybridized carbons (Fsp3) is 0.250. The van der Waals surface area contributed by atoms with Crippen LogP contribution in [0.25, 0.3) is 0 Å². The summed E-state index contributed by atoms with van der Waals surface area (Å²) >= 11 is 0. The molecule has 0 aliphatic rings. The van der Waals surface area contributed by atoms with E-state index in [-0.39, 0.29) is 23.0 Å². The third-order valence-electron chi connectivity index (χ3n) is 2.29. The number of aliphatic imine (C=N–C) groups is 1. The van der Waals surface area contributed by atoms with Crippen molar-refractivity contribution in [3.63, 3.8) is 0 Å². The molecule has 0 fully saturated rings. The lowest BCUT2D eigenvalue weighted by molar-refractivity contribution is 0.597. The molecule has 1 aromatic rings. The summed E-state index contributed by atoms with van der Waals surface area (Å²) in [5.74, 6) is -0.378. The molecule has 7 heteroatoms. The molecular formula is C12H16FN3O2S. The molecule has 0 heterocycles. The van der Waals surface area contributed by atoms with Crippen molar-refractivity contribution in [2.45, 2.75) is 11.4 Å². The molecule has 0 amide bonds. The Hall–Kier alpha value is -1.89. The topological polar surface area (TPSA) is 84.5 Å². The van der Waals surface area contributed by atoms with Crippen LogP contribution in [-0.4, -0.2) is 27.2 Å². The molecule has 3 N–H and O–H groups in total. The minimum Gasteiger partial charge on any atom is -0.370 e. The van der Waals surface area contributed by atoms with Gasteiger partial charge in [0.2, 0.25) is 0 Å². The summed E-state index contributed by atoms with van der Waals surface area (Å²) in [6, 6.07) is 3.58. The largest absolute Gasteiger partial charge is 0.370 e. The third-order valence-corrected chi connectivity index (χ3v) is 3.40. The monoisotopic (exact) mass is 285 g/mol. The SMILES string of the molecule is C=CCNC(N)=NCc1cc(S(C)(=O)=O)ccc1F. The first-order valence-electron chi connectivity index (χ1n) is 5.47. The molecule has 0 saturated carbocycles. The Morgan fingerprint density at radius 3 is 2.84 bits per heavy atom. The van der Waals surface area contributed by atoms with Crippen molar-refractivity contribution in [1.29, 1.82) is 0 Å². The number of nitrogens with one attached hydrogen (secondary N) is 1. The minimum atomic E-state index is -3.37. The fourth-order valence-corrected chi connectivity index (χ4v) is 1.98. The quantitative estimate of drug-likeness (QED) is 0.363. The lowest BCUT2D eigenvalue weighted by Gasteiger charge is -2.05. The number of benzene rings is 1. The van der Waals surface area contributed by atoms with Crippen LogP contribution in [0.3, 0.4) is 0 Å². The van der Waals surface area contributed by atoms with Crippen molar-refractivity contribution in [1.82, 2.24) is 5.32 Å². The van der Waals surface area contributed by atoms with Crippen LogP contribution in [0.5, 0.6) is 0 Å². The average molecular weight is 285 g/mol. The Morgan fingerprint density at radius 1 is 1.58 bits per heavy atom. The standard InChI is InChI=1S/C12H16FN3O2S/c1-3-6-15-12(14)16-8-9-7-10(19(2,17)18)4-5-11(9)13/h3-5,7H,1,6,8H2,2H3,(H3,14,15,16). The smallest absolute Gasteiger partial charge is 0.189 e. The van der Waals surface area contributed by atoms with Crippen LogP contribution in [-0.2, 0) is 16.4 Å². The summed E-state index contributed by atoms with van der Waals surface area (Å²) in [4.78, 5) is 3.97. The fourth-order valence-electron chi connectivity index (χ4n) is 1.31. The molecular weight excluding hydrogens is 269 g/mol. The Bertz CT molecular complexity index is 597. The van der Waals surface area contributed by atoms with Gasteiger partial charge in [-0.3, -0.25) is 0 Å². The molecule has 0 aliphatic carbocycles. The summed E-state index contributed by atoms with van der Waals surface area (Å²) in [5, 5.41) is 2.74. The van der Waals surface area contributed by atoms with E-state index in [9.17, 15) is 12.8 Å². The molecule has 0 spiro atoms. The van der Waals surface area contributed by atoms with Gasteiger partial charge in [0, 0.05) is 18.4 Å². The molecule has 0 saturated heterocycles. The zero-order chi connectivity index (χ0) is 14.5. The van der Waals surface area contributed by atoms with E-state index in [1.165, 1.54) is 12.1 Å². The molecule has 1 aromatic carbocycles. The number of hydrogen-bond donors (Lipinski definition) is 2. The predicted octanol–water partition coefficient (Wildman–Crippen LogP) is 0.820. The van der Waals surface area contributed by atoms with Gasteiger partial charge >= 0.3 is 0 Å². The van der Waals surface area contributed by atoms with Crippen LogP contribution in [0.1, 0.15) is 5.56 Å². The van der Waals surface area contributed by atoms with Crippen LogP contribution in [0.15, 0.2) is 40.7 Å². The van der Waals surface area contributed by atoms with E-state index in [1.807, 2.05) is 0 Å². The Balaban J connectivity index is 2.92. The number of guanidine groups is 1. The van der Waals surface area contributed by atoms with Crippen LogP contribution in [0.2, 0.25) is 0 Å². The number of nitrogens with zero attached hydrogens (tertiary/aromatic N) is 1. The molecule has 0 radical (unpaired) electrons. The molecule has 19 heavy (non-hydrogen) atoms. The highest BCUT2D eigenvalue weighted by Crippen LogP contribution is 2.15. The van der Waals surface area contributed by atoms with Crippen LogP contribution < -0.4 is 11.1 Å². The Kier molecular flexibility index (Phi) is 5.05. The summed E-state index contributed by atoms with van der Waals surface area (Å²) < 4.78 is 36.3. The highest BCUT2D eigenvalue weighted by atomic mass is 32.2. The van der Waals surface area contributed by atoms with Gasteiger partial charge in [-0.1, -0.05) is 6.08 Å². The van der Waals surface area contributed by atoms with E-state index in [0.29, 0.717) is 6.54 Å². The van der Waals surface area contributed by atoms with Crippen molar-refractivity contribution in [2.24, 2.45) is 10.7 Å². The van der Waals surface area contributed by atoms with E-state index in [4.69, 9.17) is 5.73 Å². The number of hydrogen-bond acceptors (Lipinski definition) is 3. The van der Waals surface area contributed by atoms with Gasteiger partial charge in [-0.15, -0.1) is 6.58 Å². The van der Waals surface area contributed by atoms with Gasteiger partial charge in [-0.05, 0) is 18.2 Å². The average Bonchev–Trinajstić information content (AvgIpc) is 2.33. The second-order valence-corrected chi connectivity index (χ2v) is 5.91. The number of nitrogens with two attached hydrogens (primary N) is 1. The van der Waals surface area contributed by atoms with Crippen molar-refractivity contribution in [3.05, 3.63) is 42.2 Å². The zero-order valence-electron chi connectivity index (χ0n) is 10.6. The van der Waals surface area contributed by atoms with Gasteiger partial charge in [0.25, 0.3) is 0 Å². The maximum atomic E-state index is 13.5. The van der Waals surface area contributed by atoms with Crippen LogP contribution >= 0.6 is 0 Å². The number of rotatable bonds is 5. The first-order chi connectivity index (χ1) is 8.84. The third kappa shape index (κ3) is 4.70. The lowest BCUT2D eigenvalue weighted by atomic mass is 10.2. The predicted molar refractivity (Wildman–Crippen MR) is 73.0 cm³/mol. The molecule has 0 atom stereocenters. The zero-order valence-corrected chi connectivity index (χ0v) is 11.4. The molecule has 0 aliphatic heterocycles. The molecule has 5 nitrogen and oxygen atoms in total. The van der Waals surface area contributed by atoms with E-state index in [1.54, 1.807) is 6.08 Å². The van der Waals surface area contributed by atoms with E-state index >= 15 is 0 Å². The molecule has 0 bridgehead atoms. The van der Waals surface area contributed by atoms with E-state index in [2.05, 4.69) is 16.9 Å². The molecule has 0 unspecified atom stereocenters. The Morgan fingerprint density at radius 2 is 2.26 bits per heavy atom. The second-order valence-electron chi connectivity index (χ2n) is 3.90. The normalized spacial score (nSPS) is 12.2. The molecule has 104 valence electrons.